The van der Waals surface area contributed by atoms with Crippen LogP contribution < -0.4 is 4.74 Å². The van der Waals surface area contributed by atoms with Crippen LogP contribution in [0.3, 0.4) is 0 Å². The average Bonchev–Trinajstić information content (AvgIpc) is 2.86. The van der Waals surface area contributed by atoms with Gasteiger partial charge in [-0.1, -0.05) is 19.1 Å². The lowest BCUT2D eigenvalue weighted by Crippen LogP contribution is -2.36. The lowest BCUT2D eigenvalue weighted by Gasteiger charge is -2.33. The van der Waals surface area contributed by atoms with E-state index in [9.17, 15) is 17.8 Å². The monoisotopic (exact) mass is 338 g/mol. The van der Waals surface area contributed by atoms with Gasteiger partial charge in [-0.25, -0.2) is 4.79 Å². The highest BCUT2D eigenvalue weighted by atomic mass is 32.2. The fraction of sp³-hybridized carbons (Fsp3) is 0.438. The van der Waals surface area contributed by atoms with Crippen molar-refractivity contribution in [3.8, 4) is 5.75 Å². The fourth-order valence-corrected chi connectivity index (χ4v) is 4.24. The van der Waals surface area contributed by atoms with Crippen molar-refractivity contribution in [2.45, 2.75) is 31.1 Å². The summed E-state index contributed by atoms with van der Waals surface area (Å²) in [5, 5.41) is 0. The molecule has 2 unspecified atom stereocenters. The lowest BCUT2D eigenvalue weighted by molar-refractivity contribution is 0.0535. The minimum absolute atomic E-state index is 0.0901. The van der Waals surface area contributed by atoms with Gasteiger partial charge in [0.25, 0.3) is 10.1 Å². The van der Waals surface area contributed by atoms with E-state index in [0.717, 1.165) is 0 Å². The first-order valence-electron chi connectivity index (χ1n) is 7.33. The summed E-state index contributed by atoms with van der Waals surface area (Å²) in [5.41, 5.74) is 1.30. The number of hydrogen-bond donors (Lipinski definition) is 1. The first-order chi connectivity index (χ1) is 10.8. The molecule has 3 rings (SSSR count). The highest BCUT2D eigenvalue weighted by Crippen LogP contribution is 2.46. The van der Waals surface area contributed by atoms with Crippen LogP contribution in [0.2, 0.25) is 0 Å². The second kappa shape index (κ2) is 5.35. The molecule has 2 atom stereocenters. The number of cyclic esters (lactones) is 1. The summed E-state index contributed by atoms with van der Waals surface area (Å²) in [4.78, 5) is 11.7. The second-order valence-corrected chi connectivity index (χ2v) is 7.70. The Balaban J connectivity index is 2.26. The zero-order valence-corrected chi connectivity index (χ0v) is 13.7. The number of allylic oxidation sites excluding steroid dienone is 1. The predicted molar refractivity (Wildman–Crippen MR) is 82.9 cm³/mol. The van der Waals surface area contributed by atoms with E-state index in [1.807, 2.05) is 6.92 Å². The van der Waals surface area contributed by atoms with Crippen molar-refractivity contribution >= 4 is 16.1 Å². The van der Waals surface area contributed by atoms with Gasteiger partial charge in [-0.15, -0.1) is 0 Å². The second-order valence-electron chi connectivity index (χ2n) is 6.03. The van der Waals surface area contributed by atoms with Crippen molar-refractivity contribution < 1.29 is 27.2 Å². The van der Waals surface area contributed by atoms with Gasteiger partial charge in [-0.2, -0.15) is 8.42 Å². The molecule has 0 radical (unpaired) electrons. The van der Waals surface area contributed by atoms with E-state index < -0.39 is 20.8 Å². The Kier molecular flexibility index (Phi) is 3.72. The van der Waals surface area contributed by atoms with Crippen molar-refractivity contribution in [3.05, 3.63) is 41.0 Å². The zero-order valence-electron chi connectivity index (χ0n) is 12.9. The SMILES string of the molecule is COc1cc2c(cc1C1(S(=O)(=O)O)C=CC(C)CC1)COC2=O. The highest BCUT2D eigenvalue weighted by molar-refractivity contribution is 7.87. The van der Waals surface area contributed by atoms with Gasteiger partial charge in [0.15, 0.2) is 0 Å². The summed E-state index contributed by atoms with van der Waals surface area (Å²) in [5.74, 6) is 0.0215. The van der Waals surface area contributed by atoms with E-state index in [0.29, 0.717) is 23.1 Å². The van der Waals surface area contributed by atoms with E-state index in [2.05, 4.69) is 0 Å². The van der Waals surface area contributed by atoms with E-state index in [-0.39, 0.29) is 24.7 Å². The molecule has 0 spiro atoms. The summed E-state index contributed by atoms with van der Waals surface area (Å²) in [7, 11) is -3.02. The molecule has 23 heavy (non-hydrogen) atoms. The summed E-state index contributed by atoms with van der Waals surface area (Å²) in [6.45, 7) is 2.07. The van der Waals surface area contributed by atoms with E-state index >= 15 is 0 Å². The third-order valence-corrected chi connectivity index (χ3v) is 6.07. The summed E-state index contributed by atoms with van der Waals surface area (Å²) >= 11 is 0. The molecular formula is C16H18O6S. The molecule has 1 N–H and O–H groups in total. The molecular weight excluding hydrogens is 320 g/mol. The van der Waals surface area contributed by atoms with Crippen molar-refractivity contribution in [3.63, 3.8) is 0 Å². The van der Waals surface area contributed by atoms with Crippen LogP contribution in [0.15, 0.2) is 24.3 Å². The molecule has 1 aromatic rings. The Morgan fingerprint density at radius 1 is 1.39 bits per heavy atom. The molecule has 0 fully saturated rings. The average molecular weight is 338 g/mol. The number of methoxy groups -OCH3 is 1. The molecule has 2 aliphatic rings. The molecule has 1 heterocycles. The Labute approximate surface area is 134 Å². The first-order valence-corrected chi connectivity index (χ1v) is 8.77. The molecule has 0 bridgehead atoms. The number of carbonyl (C=O) groups is 1. The molecule has 1 aliphatic carbocycles. The minimum Gasteiger partial charge on any atom is -0.496 e. The number of carbonyl (C=O) groups excluding carboxylic acids is 1. The van der Waals surface area contributed by atoms with Crippen LogP contribution in [0.5, 0.6) is 5.75 Å². The van der Waals surface area contributed by atoms with Crippen LogP contribution in [-0.4, -0.2) is 26.0 Å². The van der Waals surface area contributed by atoms with Crippen molar-refractivity contribution in [1.29, 1.82) is 0 Å². The fourth-order valence-electron chi connectivity index (χ4n) is 3.17. The van der Waals surface area contributed by atoms with E-state index in [1.54, 1.807) is 12.1 Å². The number of ether oxygens (including phenoxy) is 2. The highest BCUT2D eigenvalue weighted by Gasteiger charge is 2.46. The van der Waals surface area contributed by atoms with Gasteiger partial charge in [0.1, 0.15) is 17.1 Å². The van der Waals surface area contributed by atoms with Crippen LogP contribution in [-0.2, 0) is 26.2 Å². The number of benzene rings is 1. The summed E-state index contributed by atoms with van der Waals surface area (Å²) in [6, 6.07) is 3.08. The van der Waals surface area contributed by atoms with Crippen molar-refractivity contribution in [1.82, 2.24) is 0 Å². The molecule has 0 amide bonds. The quantitative estimate of drug-likeness (QED) is 0.517. The Hall–Kier alpha value is -1.86. The number of hydrogen-bond acceptors (Lipinski definition) is 5. The predicted octanol–water partition coefficient (Wildman–Crippen LogP) is 2.43. The van der Waals surface area contributed by atoms with Gasteiger partial charge in [0.2, 0.25) is 0 Å². The maximum Gasteiger partial charge on any atom is 0.339 e. The van der Waals surface area contributed by atoms with Crippen LogP contribution in [0.25, 0.3) is 0 Å². The van der Waals surface area contributed by atoms with Crippen molar-refractivity contribution in [2.75, 3.05) is 7.11 Å². The van der Waals surface area contributed by atoms with Gasteiger partial charge >= 0.3 is 5.97 Å². The van der Waals surface area contributed by atoms with Gasteiger partial charge in [0.05, 0.1) is 12.7 Å². The van der Waals surface area contributed by atoms with Crippen molar-refractivity contribution in [2.24, 2.45) is 5.92 Å². The molecule has 0 aromatic heterocycles. The van der Waals surface area contributed by atoms with Gasteiger partial charge < -0.3 is 9.47 Å². The van der Waals surface area contributed by atoms with Crippen LogP contribution in [0.1, 0.15) is 41.3 Å². The number of rotatable bonds is 3. The number of esters is 1. The largest absolute Gasteiger partial charge is 0.496 e. The van der Waals surface area contributed by atoms with Gasteiger partial charge in [-0.3, -0.25) is 4.55 Å². The third kappa shape index (κ3) is 2.44. The van der Waals surface area contributed by atoms with Gasteiger partial charge in [0, 0.05) is 11.1 Å². The van der Waals surface area contributed by atoms with Crippen LogP contribution in [0, 0.1) is 5.92 Å². The Bertz CT molecular complexity index is 795. The van der Waals surface area contributed by atoms with Gasteiger partial charge in [-0.05, 0) is 30.9 Å². The van der Waals surface area contributed by atoms with E-state index in [4.69, 9.17) is 9.47 Å². The van der Waals surface area contributed by atoms with Crippen LogP contribution in [0.4, 0.5) is 0 Å². The number of fused-ring (bicyclic) bond motifs is 1. The Morgan fingerprint density at radius 2 is 2.13 bits per heavy atom. The Morgan fingerprint density at radius 3 is 2.70 bits per heavy atom. The summed E-state index contributed by atoms with van der Waals surface area (Å²) in [6.07, 6.45) is 4.17. The standard InChI is InChI=1S/C16H18O6S/c1-10-3-5-16(6-4-10,23(18,19)20)13-7-11-9-22-15(17)12(11)8-14(13)21-2/h3,5,7-8,10H,4,6,9H2,1-2H3,(H,18,19,20). The smallest absolute Gasteiger partial charge is 0.339 e. The normalized spacial score (nSPS) is 26.7. The minimum atomic E-state index is -4.42. The molecule has 1 aliphatic heterocycles. The van der Waals surface area contributed by atoms with E-state index in [1.165, 1.54) is 19.3 Å². The summed E-state index contributed by atoms with van der Waals surface area (Å²) < 4.78 is 43.0. The lowest BCUT2D eigenvalue weighted by atomic mass is 9.83. The molecule has 6 nitrogen and oxygen atoms in total. The molecule has 124 valence electrons. The topological polar surface area (TPSA) is 89.9 Å². The first kappa shape index (κ1) is 16.0. The van der Waals surface area contributed by atoms with Crippen LogP contribution >= 0.6 is 0 Å². The molecule has 1 aromatic carbocycles. The zero-order chi connectivity index (χ0) is 16.8. The molecule has 0 saturated carbocycles. The third-order valence-electron chi connectivity index (χ3n) is 4.59. The maximum absolute atomic E-state index is 12.2. The maximum atomic E-state index is 12.2. The molecule has 7 heteroatoms. The molecule has 0 saturated heterocycles.